The maximum absolute atomic E-state index is 13.1. The summed E-state index contributed by atoms with van der Waals surface area (Å²) in [5.41, 5.74) is 1.59. The third kappa shape index (κ3) is 4.71. The first kappa shape index (κ1) is 18.9. The van der Waals surface area contributed by atoms with Crippen LogP contribution in [0.2, 0.25) is 0 Å². The summed E-state index contributed by atoms with van der Waals surface area (Å²) in [5.74, 6) is 0.682. The normalized spacial score (nSPS) is 16.4. The number of hydrogen-bond acceptors (Lipinski definition) is 6. The van der Waals surface area contributed by atoms with Crippen LogP contribution in [0.5, 0.6) is 0 Å². The Morgan fingerprint density at radius 2 is 1.97 bits per heavy atom. The number of carbonyl (C=O) groups is 1. The Morgan fingerprint density at radius 1 is 1.10 bits per heavy atom. The Balaban J connectivity index is 1.51. The van der Waals surface area contributed by atoms with E-state index in [0.717, 1.165) is 30.5 Å². The molecule has 1 amide bonds. The number of nitrogens with one attached hydrogen (secondary N) is 1. The summed E-state index contributed by atoms with van der Waals surface area (Å²) in [6, 6.07) is 7.80. The van der Waals surface area contributed by atoms with Gasteiger partial charge in [0.25, 0.3) is 0 Å². The second-order valence-electron chi connectivity index (χ2n) is 6.92. The van der Waals surface area contributed by atoms with E-state index in [9.17, 15) is 9.18 Å². The summed E-state index contributed by atoms with van der Waals surface area (Å²) >= 11 is 0. The molecule has 1 aliphatic heterocycles. The average molecular weight is 392 g/mol. The van der Waals surface area contributed by atoms with Crippen molar-refractivity contribution >= 4 is 17.7 Å². The molecule has 0 aliphatic carbocycles. The zero-order valence-electron chi connectivity index (χ0n) is 15.8. The minimum absolute atomic E-state index is 0.0170. The minimum Gasteiger partial charge on any atom is -0.334 e. The highest BCUT2D eigenvalue weighted by molar-refractivity contribution is 5.79. The quantitative estimate of drug-likeness (QED) is 0.716. The molecule has 2 aromatic heterocycles. The van der Waals surface area contributed by atoms with E-state index in [4.69, 9.17) is 0 Å². The summed E-state index contributed by atoms with van der Waals surface area (Å²) < 4.78 is 13.1. The SMILES string of the molecule is O=C(Cc1ccc(F)cc1)N1CCCC[C@H]1c1ccnc(Nc2cnccn2)n1. The van der Waals surface area contributed by atoms with E-state index in [0.29, 0.717) is 18.3 Å². The first-order chi connectivity index (χ1) is 14.2. The van der Waals surface area contributed by atoms with E-state index in [2.05, 4.69) is 25.3 Å². The Labute approximate surface area is 168 Å². The van der Waals surface area contributed by atoms with Gasteiger partial charge in [-0.15, -0.1) is 0 Å². The van der Waals surface area contributed by atoms with Crippen LogP contribution >= 0.6 is 0 Å². The van der Waals surface area contributed by atoms with Gasteiger partial charge in [0.05, 0.1) is 24.4 Å². The summed E-state index contributed by atoms with van der Waals surface area (Å²) in [4.78, 5) is 31.9. The maximum atomic E-state index is 13.1. The lowest BCUT2D eigenvalue weighted by Gasteiger charge is -2.35. The van der Waals surface area contributed by atoms with Gasteiger partial charge in [0, 0.05) is 25.1 Å². The Hall–Kier alpha value is -3.42. The van der Waals surface area contributed by atoms with Gasteiger partial charge in [-0.1, -0.05) is 12.1 Å². The molecule has 3 aromatic rings. The van der Waals surface area contributed by atoms with Crippen LogP contribution in [0.1, 0.15) is 36.6 Å². The number of piperidine rings is 1. The number of carbonyl (C=O) groups excluding carboxylic acids is 1. The highest BCUT2D eigenvalue weighted by Crippen LogP contribution is 2.30. The lowest BCUT2D eigenvalue weighted by Crippen LogP contribution is -2.39. The van der Waals surface area contributed by atoms with E-state index in [1.54, 1.807) is 36.9 Å². The van der Waals surface area contributed by atoms with Crippen LogP contribution in [-0.2, 0) is 11.2 Å². The first-order valence-electron chi connectivity index (χ1n) is 9.59. The summed E-state index contributed by atoms with van der Waals surface area (Å²) in [5, 5.41) is 3.04. The number of amides is 1. The number of nitrogens with zero attached hydrogens (tertiary/aromatic N) is 5. The number of aromatic nitrogens is 4. The standard InChI is InChI=1S/C21H21FN6O/c22-16-6-4-15(5-7-16)13-20(29)28-12-2-1-3-18(28)17-8-9-25-21(26-17)27-19-14-23-10-11-24-19/h4-11,14,18H,1-3,12-13H2,(H,24,25,26,27)/t18-/m0/s1. The molecule has 29 heavy (non-hydrogen) atoms. The number of benzene rings is 1. The number of anilines is 2. The van der Waals surface area contributed by atoms with Gasteiger partial charge in [-0.05, 0) is 43.0 Å². The van der Waals surface area contributed by atoms with Crippen molar-refractivity contribution in [3.63, 3.8) is 0 Å². The van der Waals surface area contributed by atoms with E-state index >= 15 is 0 Å². The van der Waals surface area contributed by atoms with E-state index in [1.165, 1.54) is 12.1 Å². The van der Waals surface area contributed by atoms with E-state index < -0.39 is 0 Å². The van der Waals surface area contributed by atoms with Crippen LogP contribution in [0.3, 0.4) is 0 Å². The second-order valence-corrected chi connectivity index (χ2v) is 6.92. The Morgan fingerprint density at radius 3 is 2.76 bits per heavy atom. The van der Waals surface area contributed by atoms with Gasteiger partial charge < -0.3 is 10.2 Å². The number of likely N-dealkylation sites (tertiary alicyclic amines) is 1. The van der Waals surface area contributed by atoms with Crippen molar-refractivity contribution < 1.29 is 9.18 Å². The van der Waals surface area contributed by atoms with Crippen LogP contribution in [-0.4, -0.2) is 37.3 Å². The van der Waals surface area contributed by atoms with Crippen LogP contribution in [0, 0.1) is 5.82 Å². The predicted octanol–water partition coefficient (Wildman–Crippen LogP) is 3.45. The fourth-order valence-corrected chi connectivity index (χ4v) is 3.51. The molecule has 0 radical (unpaired) electrons. The molecule has 0 spiro atoms. The topological polar surface area (TPSA) is 83.9 Å². The van der Waals surface area contributed by atoms with Crippen molar-refractivity contribution in [1.29, 1.82) is 0 Å². The molecule has 1 aromatic carbocycles. The molecule has 3 heterocycles. The predicted molar refractivity (Wildman–Crippen MR) is 106 cm³/mol. The summed E-state index contributed by atoms with van der Waals surface area (Å²) in [6.45, 7) is 0.682. The van der Waals surface area contributed by atoms with Crippen molar-refractivity contribution in [2.45, 2.75) is 31.7 Å². The highest BCUT2D eigenvalue weighted by Gasteiger charge is 2.29. The Kier molecular flexibility index (Phi) is 5.69. The molecule has 0 unspecified atom stereocenters. The molecule has 0 bridgehead atoms. The van der Waals surface area contributed by atoms with Gasteiger partial charge in [0.2, 0.25) is 11.9 Å². The monoisotopic (exact) mass is 392 g/mol. The fourth-order valence-electron chi connectivity index (χ4n) is 3.51. The van der Waals surface area contributed by atoms with Crippen LogP contribution in [0.25, 0.3) is 0 Å². The molecule has 1 atom stereocenters. The number of halogens is 1. The van der Waals surface area contributed by atoms with Gasteiger partial charge >= 0.3 is 0 Å². The molecule has 8 heteroatoms. The molecule has 1 aliphatic rings. The lowest BCUT2D eigenvalue weighted by atomic mass is 9.98. The first-order valence-corrected chi connectivity index (χ1v) is 9.59. The fraction of sp³-hybridized carbons (Fsp3) is 0.286. The molecular weight excluding hydrogens is 371 g/mol. The summed E-state index contributed by atoms with van der Waals surface area (Å²) in [6.07, 6.45) is 9.53. The second kappa shape index (κ2) is 8.72. The average Bonchev–Trinajstić information content (AvgIpc) is 2.76. The maximum Gasteiger partial charge on any atom is 0.228 e. The van der Waals surface area contributed by atoms with Crippen LogP contribution in [0.15, 0.2) is 55.1 Å². The van der Waals surface area contributed by atoms with Crippen molar-refractivity contribution in [3.05, 3.63) is 72.2 Å². The molecule has 148 valence electrons. The van der Waals surface area contributed by atoms with Crippen molar-refractivity contribution in [2.75, 3.05) is 11.9 Å². The van der Waals surface area contributed by atoms with Crippen LogP contribution in [0.4, 0.5) is 16.2 Å². The minimum atomic E-state index is -0.304. The van der Waals surface area contributed by atoms with Crippen molar-refractivity contribution in [3.8, 4) is 0 Å². The molecule has 0 saturated carbocycles. The zero-order valence-corrected chi connectivity index (χ0v) is 15.8. The lowest BCUT2D eigenvalue weighted by molar-refractivity contribution is -0.134. The van der Waals surface area contributed by atoms with E-state index in [-0.39, 0.29) is 24.2 Å². The van der Waals surface area contributed by atoms with Crippen molar-refractivity contribution in [1.82, 2.24) is 24.8 Å². The summed E-state index contributed by atoms with van der Waals surface area (Å²) in [7, 11) is 0. The molecule has 1 fully saturated rings. The van der Waals surface area contributed by atoms with Crippen molar-refractivity contribution in [2.24, 2.45) is 0 Å². The zero-order chi connectivity index (χ0) is 20.1. The van der Waals surface area contributed by atoms with Gasteiger partial charge in [-0.3, -0.25) is 9.78 Å². The molecule has 7 nitrogen and oxygen atoms in total. The molecular formula is C21H21FN6O. The third-order valence-corrected chi connectivity index (χ3v) is 4.91. The van der Waals surface area contributed by atoms with Gasteiger partial charge in [-0.2, -0.15) is 0 Å². The van der Waals surface area contributed by atoms with Gasteiger partial charge in [-0.25, -0.2) is 19.3 Å². The van der Waals surface area contributed by atoms with E-state index in [1.807, 2.05) is 11.0 Å². The molecule has 4 rings (SSSR count). The van der Waals surface area contributed by atoms with Gasteiger partial charge in [0.15, 0.2) is 5.82 Å². The Bertz CT molecular complexity index is 966. The number of hydrogen-bond donors (Lipinski definition) is 1. The smallest absolute Gasteiger partial charge is 0.228 e. The molecule has 1 N–H and O–H groups in total. The highest BCUT2D eigenvalue weighted by atomic mass is 19.1. The largest absolute Gasteiger partial charge is 0.334 e. The molecule has 1 saturated heterocycles. The van der Waals surface area contributed by atoms with Crippen LogP contribution < -0.4 is 5.32 Å². The van der Waals surface area contributed by atoms with Gasteiger partial charge in [0.1, 0.15) is 5.82 Å². The number of rotatable bonds is 5. The third-order valence-electron chi connectivity index (χ3n) is 4.91.